The summed E-state index contributed by atoms with van der Waals surface area (Å²) in [6.45, 7) is 13.3. The molecule has 8 heteroatoms. The van der Waals surface area contributed by atoms with Crippen molar-refractivity contribution in [3.63, 3.8) is 0 Å². The Bertz CT molecular complexity index is 1180. The van der Waals surface area contributed by atoms with Crippen molar-refractivity contribution in [1.82, 2.24) is 10.2 Å². The highest BCUT2D eigenvalue weighted by Gasteiger charge is 2.44. The molecule has 1 aliphatic rings. The molecule has 2 unspecified atom stereocenters. The Balaban J connectivity index is 2.04. The summed E-state index contributed by atoms with van der Waals surface area (Å²) in [7, 11) is 0. The van der Waals surface area contributed by atoms with E-state index < -0.39 is 23.8 Å². The van der Waals surface area contributed by atoms with Gasteiger partial charge in [0.05, 0.1) is 0 Å². The lowest BCUT2D eigenvalue weighted by atomic mass is 9.95. The van der Waals surface area contributed by atoms with Crippen molar-refractivity contribution in [2.24, 2.45) is 0 Å². The summed E-state index contributed by atoms with van der Waals surface area (Å²) in [6.07, 6.45) is 3.38. The van der Waals surface area contributed by atoms with Gasteiger partial charge in [0.1, 0.15) is 17.7 Å². The van der Waals surface area contributed by atoms with Gasteiger partial charge in [-0.1, -0.05) is 42.0 Å². The predicted octanol–water partition coefficient (Wildman–Crippen LogP) is 6.24. The van der Waals surface area contributed by atoms with E-state index in [-0.39, 0.29) is 17.9 Å². The van der Waals surface area contributed by atoms with E-state index >= 15 is 0 Å². The third-order valence-electron chi connectivity index (χ3n) is 6.77. The molecule has 2 atom stereocenters. The number of para-hydroxylation sites is 1. The van der Waals surface area contributed by atoms with Crippen LogP contribution in [-0.4, -0.2) is 52.5 Å². The van der Waals surface area contributed by atoms with Crippen molar-refractivity contribution in [3.8, 4) is 0 Å². The van der Waals surface area contributed by atoms with Gasteiger partial charge in [-0.2, -0.15) is 11.8 Å². The number of rotatable bonds is 10. The number of nitrogens with zero attached hydrogens (tertiary/aromatic N) is 1. The molecule has 39 heavy (non-hydrogen) atoms. The summed E-state index contributed by atoms with van der Waals surface area (Å²) >= 11 is 1.60. The maximum Gasteiger partial charge on any atom is 0.408 e. The number of thioether (sulfide) groups is 1. The normalized spacial score (nSPS) is 14.8. The van der Waals surface area contributed by atoms with E-state index in [4.69, 9.17) is 4.74 Å². The van der Waals surface area contributed by atoms with E-state index in [9.17, 15) is 14.4 Å². The second kappa shape index (κ2) is 12.9. The van der Waals surface area contributed by atoms with Crippen LogP contribution in [0.5, 0.6) is 0 Å². The molecular weight excluding hydrogens is 510 g/mol. The summed E-state index contributed by atoms with van der Waals surface area (Å²) in [5.41, 5.74) is 4.78. The lowest BCUT2D eigenvalue weighted by Gasteiger charge is -2.35. The summed E-state index contributed by atoms with van der Waals surface area (Å²) < 4.78 is 5.48. The molecule has 7 nitrogen and oxygen atoms in total. The Morgan fingerprint density at radius 1 is 1.03 bits per heavy atom. The Hall–Kier alpha value is -3.00. The van der Waals surface area contributed by atoms with E-state index in [0.717, 1.165) is 46.3 Å². The summed E-state index contributed by atoms with van der Waals surface area (Å²) in [6, 6.07) is 10.1. The van der Waals surface area contributed by atoms with E-state index in [0.29, 0.717) is 12.2 Å². The van der Waals surface area contributed by atoms with Crippen molar-refractivity contribution >= 4 is 35.4 Å². The number of nitrogens with one attached hydrogen (secondary N) is 2. The molecule has 1 fully saturated rings. The fraction of sp³-hybridized carbons (Fsp3) is 0.516. The molecule has 2 aromatic rings. The summed E-state index contributed by atoms with van der Waals surface area (Å²) in [5.74, 6) is 0.146. The van der Waals surface area contributed by atoms with Gasteiger partial charge in [0.15, 0.2) is 0 Å². The number of hydrogen-bond donors (Lipinski definition) is 2. The van der Waals surface area contributed by atoms with Crippen molar-refractivity contribution in [2.45, 2.75) is 91.5 Å². The largest absolute Gasteiger partial charge is 0.444 e. The molecule has 0 radical (unpaired) electrons. The second-order valence-corrected chi connectivity index (χ2v) is 12.5. The predicted molar refractivity (Wildman–Crippen MR) is 159 cm³/mol. The van der Waals surface area contributed by atoms with Gasteiger partial charge in [-0.3, -0.25) is 9.59 Å². The maximum absolute atomic E-state index is 14.3. The average molecular weight is 554 g/mol. The van der Waals surface area contributed by atoms with Gasteiger partial charge in [-0.15, -0.1) is 0 Å². The zero-order chi connectivity index (χ0) is 28.9. The Morgan fingerprint density at radius 3 is 2.21 bits per heavy atom. The minimum atomic E-state index is -0.846. The number of carbonyl (C=O) groups is 3. The van der Waals surface area contributed by atoms with E-state index in [1.165, 1.54) is 0 Å². The molecule has 0 heterocycles. The van der Waals surface area contributed by atoms with Crippen LogP contribution in [0.15, 0.2) is 36.4 Å². The van der Waals surface area contributed by atoms with Crippen LogP contribution in [0.1, 0.15) is 73.9 Å². The monoisotopic (exact) mass is 553 g/mol. The van der Waals surface area contributed by atoms with E-state index in [1.54, 1.807) is 37.4 Å². The van der Waals surface area contributed by atoms with Crippen LogP contribution >= 0.6 is 11.8 Å². The SMILES string of the molecule is CSCCC(NC(=O)OC(C)(C)C)C(=O)N(C1CC1)C(C(=O)Nc1c(C)cccc1C)c1ccc(C)cc1C. The van der Waals surface area contributed by atoms with Gasteiger partial charge >= 0.3 is 6.09 Å². The number of anilines is 1. The molecule has 2 aromatic carbocycles. The third-order valence-corrected chi connectivity index (χ3v) is 7.41. The van der Waals surface area contributed by atoms with Crippen molar-refractivity contribution < 1.29 is 19.1 Å². The standard InChI is InChI=1S/C31H43N3O4S/c1-19-12-15-24(22(4)18-19)27(28(35)33-26-20(2)10-9-11-21(26)3)34(23-13-14-23)29(36)25(16-17-39-8)32-30(37)38-31(5,6)7/h9-12,15,18,23,25,27H,13-14,16-17H2,1-8H3,(H,32,37)(H,33,35). The molecule has 2 N–H and O–H groups in total. The lowest BCUT2D eigenvalue weighted by Crippen LogP contribution is -2.53. The first-order valence-corrected chi connectivity index (χ1v) is 15.0. The van der Waals surface area contributed by atoms with Gasteiger partial charge in [0, 0.05) is 11.7 Å². The van der Waals surface area contributed by atoms with Gasteiger partial charge in [0.25, 0.3) is 5.91 Å². The highest BCUT2D eigenvalue weighted by atomic mass is 32.2. The molecule has 1 aliphatic carbocycles. The van der Waals surface area contributed by atoms with E-state index in [1.807, 2.05) is 70.3 Å². The molecule has 3 amide bonds. The first kappa shape index (κ1) is 30.5. The molecule has 1 saturated carbocycles. The molecular formula is C31H43N3O4S. The number of aryl methyl sites for hydroxylation is 4. The van der Waals surface area contributed by atoms with Crippen molar-refractivity contribution in [1.29, 1.82) is 0 Å². The second-order valence-electron chi connectivity index (χ2n) is 11.5. The number of benzene rings is 2. The number of amides is 3. The summed E-state index contributed by atoms with van der Waals surface area (Å²) in [5, 5.41) is 5.95. The van der Waals surface area contributed by atoms with Gasteiger partial charge in [-0.05, 0) is 102 Å². The average Bonchev–Trinajstić information content (AvgIpc) is 3.66. The molecule has 0 aromatic heterocycles. The Morgan fingerprint density at radius 2 is 1.67 bits per heavy atom. The lowest BCUT2D eigenvalue weighted by molar-refractivity contribution is -0.141. The highest BCUT2D eigenvalue weighted by Crippen LogP contribution is 2.38. The zero-order valence-electron chi connectivity index (χ0n) is 24.5. The molecule has 0 saturated heterocycles. The van der Waals surface area contributed by atoms with Crippen LogP contribution in [0.25, 0.3) is 0 Å². The highest BCUT2D eigenvalue weighted by molar-refractivity contribution is 7.98. The Kier molecular flexibility index (Phi) is 10.1. The topological polar surface area (TPSA) is 87.7 Å². The molecule has 212 valence electrons. The molecule has 0 aliphatic heterocycles. The van der Waals surface area contributed by atoms with Gasteiger partial charge < -0.3 is 20.3 Å². The van der Waals surface area contributed by atoms with Crippen molar-refractivity contribution in [2.75, 3.05) is 17.3 Å². The fourth-order valence-electron chi connectivity index (χ4n) is 4.75. The zero-order valence-corrected chi connectivity index (χ0v) is 25.3. The van der Waals surface area contributed by atoms with E-state index in [2.05, 4.69) is 10.6 Å². The first-order chi connectivity index (χ1) is 18.3. The van der Waals surface area contributed by atoms with Crippen LogP contribution in [-0.2, 0) is 14.3 Å². The number of carbonyl (C=O) groups excluding carboxylic acids is 3. The van der Waals surface area contributed by atoms with Crippen LogP contribution < -0.4 is 10.6 Å². The molecule has 0 spiro atoms. The fourth-order valence-corrected chi connectivity index (χ4v) is 5.22. The quantitative estimate of drug-likeness (QED) is 0.364. The van der Waals surface area contributed by atoms with Crippen LogP contribution in [0.3, 0.4) is 0 Å². The van der Waals surface area contributed by atoms with Gasteiger partial charge in [0.2, 0.25) is 5.91 Å². The smallest absolute Gasteiger partial charge is 0.408 e. The maximum atomic E-state index is 14.3. The van der Waals surface area contributed by atoms with Crippen molar-refractivity contribution in [3.05, 3.63) is 64.2 Å². The van der Waals surface area contributed by atoms with Crippen LogP contribution in [0.4, 0.5) is 10.5 Å². The summed E-state index contributed by atoms with van der Waals surface area (Å²) in [4.78, 5) is 42.9. The minimum absolute atomic E-state index is 0.0795. The van der Waals surface area contributed by atoms with Crippen LogP contribution in [0.2, 0.25) is 0 Å². The first-order valence-electron chi connectivity index (χ1n) is 13.6. The van der Waals surface area contributed by atoms with Crippen LogP contribution in [0, 0.1) is 27.7 Å². The molecule has 3 rings (SSSR count). The third kappa shape index (κ3) is 8.24. The number of alkyl carbamates (subject to hydrolysis) is 1. The Labute approximate surface area is 237 Å². The number of hydrogen-bond acceptors (Lipinski definition) is 5. The van der Waals surface area contributed by atoms with Gasteiger partial charge in [-0.25, -0.2) is 4.79 Å². The molecule has 0 bridgehead atoms. The minimum Gasteiger partial charge on any atom is -0.444 e. The number of ether oxygens (including phenoxy) is 1.